The number of furan rings is 1. The molecule has 2 amide bonds. The predicted molar refractivity (Wildman–Crippen MR) is 82.6 cm³/mol. The maximum atomic E-state index is 12.1. The van der Waals surface area contributed by atoms with E-state index < -0.39 is 0 Å². The van der Waals surface area contributed by atoms with Crippen molar-refractivity contribution in [1.82, 2.24) is 9.88 Å². The molecule has 0 unspecified atom stereocenters. The number of nitrogens with one attached hydrogen (secondary N) is 2. The Morgan fingerprint density at radius 1 is 1.18 bits per heavy atom. The summed E-state index contributed by atoms with van der Waals surface area (Å²) in [5.74, 6) is -0.602. The SMILES string of the molecule is Cn1c(C(=O)NCC(=O)Nc2ccccc2)cc2occc21. The third-order valence-corrected chi connectivity index (χ3v) is 3.36. The zero-order valence-corrected chi connectivity index (χ0v) is 12.0. The van der Waals surface area contributed by atoms with Crippen LogP contribution in [0, 0.1) is 0 Å². The second kappa shape index (κ2) is 5.77. The first-order valence-corrected chi connectivity index (χ1v) is 6.81. The van der Waals surface area contributed by atoms with Crippen molar-refractivity contribution in [2.45, 2.75) is 0 Å². The van der Waals surface area contributed by atoms with Crippen LogP contribution in [0.5, 0.6) is 0 Å². The Bertz CT molecular complexity index is 818. The van der Waals surface area contributed by atoms with Gasteiger partial charge in [-0.15, -0.1) is 0 Å². The molecule has 0 fully saturated rings. The second-order valence-corrected chi connectivity index (χ2v) is 4.86. The van der Waals surface area contributed by atoms with Crippen LogP contribution in [-0.4, -0.2) is 22.9 Å². The third-order valence-electron chi connectivity index (χ3n) is 3.36. The quantitative estimate of drug-likeness (QED) is 0.774. The molecule has 2 N–H and O–H groups in total. The first-order chi connectivity index (χ1) is 10.6. The summed E-state index contributed by atoms with van der Waals surface area (Å²) < 4.78 is 6.98. The molecule has 0 saturated heterocycles. The number of anilines is 1. The summed E-state index contributed by atoms with van der Waals surface area (Å²) in [6, 6.07) is 12.5. The average Bonchev–Trinajstić information content (AvgIpc) is 3.09. The molecule has 2 heterocycles. The summed E-state index contributed by atoms with van der Waals surface area (Å²) in [4.78, 5) is 23.9. The number of para-hydroxylation sites is 1. The van der Waals surface area contributed by atoms with E-state index in [9.17, 15) is 9.59 Å². The average molecular weight is 297 g/mol. The van der Waals surface area contributed by atoms with Crippen molar-refractivity contribution in [3.05, 3.63) is 54.4 Å². The molecule has 0 bridgehead atoms. The standard InChI is InChI=1S/C16H15N3O3/c1-19-12-7-8-22-14(12)9-13(19)16(21)17-10-15(20)18-11-5-3-2-4-6-11/h2-9H,10H2,1H3,(H,17,21)(H,18,20). The molecule has 0 aliphatic carbocycles. The van der Waals surface area contributed by atoms with Crippen molar-refractivity contribution in [2.24, 2.45) is 7.05 Å². The Labute approximate surface area is 126 Å². The minimum absolute atomic E-state index is 0.0970. The molecule has 2 aromatic heterocycles. The predicted octanol–water partition coefficient (Wildman–Crippen LogP) is 2.14. The summed E-state index contributed by atoms with van der Waals surface area (Å²) in [5.41, 5.74) is 2.61. The number of nitrogens with zero attached hydrogens (tertiary/aromatic N) is 1. The Balaban J connectivity index is 1.61. The number of amides is 2. The van der Waals surface area contributed by atoms with Gasteiger partial charge in [0.1, 0.15) is 5.69 Å². The van der Waals surface area contributed by atoms with Crippen LogP contribution in [0.25, 0.3) is 11.1 Å². The molecule has 3 rings (SSSR count). The van der Waals surface area contributed by atoms with Crippen molar-refractivity contribution in [3.63, 3.8) is 0 Å². The fourth-order valence-electron chi connectivity index (χ4n) is 2.25. The van der Waals surface area contributed by atoms with E-state index in [1.54, 1.807) is 42.1 Å². The zero-order chi connectivity index (χ0) is 15.5. The highest BCUT2D eigenvalue weighted by atomic mass is 16.3. The van der Waals surface area contributed by atoms with Gasteiger partial charge < -0.3 is 19.6 Å². The first kappa shape index (κ1) is 13.9. The van der Waals surface area contributed by atoms with Crippen LogP contribution in [0.2, 0.25) is 0 Å². The van der Waals surface area contributed by atoms with Gasteiger partial charge in [-0.05, 0) is 12.1 Å². The Morgan fingerprint density at radius 2 is 1.95 bits per heavy atom. The first-order valence-electron chi connectivity index (χ1n) is 6.81. The molecule has 0 aliphatic rings. The van der Waals surface area contributed by atoms with Crippen LogP contribution in [0.4, 0.5) is 5.69 Å². The highest BCUT2D eigenvalue weighted by Gasteiger charge is 2.15. The molecule has 0 atom stereocenters. The van der Waals surface area contributed by atoms with E-state index in [2.05, 4.69) is 10.6 Å². The van der Waals surface area contributed by atoms with E-state index in [0.717, 1.165) is 5.52 Å². The van der Waals surface area contributed by atoms with Crippen LogP contribution in [0.3, 0.4) is 0 Å². The number of hydrogen-bond donors (Lipinski definition) is 2. The second-order valence-electron chi connectivity index (χ2n) is 4.86. The summed E-state index contributed by atoms with van der Waals surface area (Å²) in [6.07, 6.45) is 1.57. The lowest BCUT2D eigenvalue weighted by molar-refractivity contribution is -0.115. The molecule has 22 heavy (non-hydrogen) atoms. The van der Waals surface area contributed by atoms with Crippen LogP contribution < -0.4 is 10.6 Å². The summed E-state index contributed by atoms with van der Waals surface area (Å²) in [6.45, 7) is -0.0970. The van der Waals surface area contributed by atoms with E-state index in [1.165, 1.54) is 0 Å². The van der Waals surface area contributed by atoms with Crippen molar-refractivity contribution in [1.29, 1.82) is 0 Å². The summed E-state index contributed by atoms with van der Waals surface area (Å²) in [5, 5.41) is 5.30. The van der Waals surface area contributed by atoms with Gasteiger partial charge >= 0.3 is 0 Å². The molecule has 3 aromatic rings. The number of fused-ring (bicyclic) bond motifs is 1. The fraction of sp³-hybridized carbons (Fsp3) is 0.125. The maximum absolute atomic E-state index is 12.1. The van der Waals surface area contributed by atoms with E-state index in [0.29, 0.717) is 17.0 Å². The Hall–Kier alpha value is -3.02. The number of hydrogen-bond acceptors (Lipinski definition) is 3. The molecular formula is C16H15N3O3. The van der Waals surface area contributed by atoms with Crippen molar-refractivity contribution < 1.29 is 14.0 Å². The molecule has 0 radical (unpaired) electrons. The van der Waals surface area contributed by atoms with Gasteiger partial charge in [-0.25, -0.2) is 0 Å². The van der Waals surface area contributed by atoms with Gasteiger partial charge in [-0.3, -0.25) is 9.59 Å². The minimum Gasteiger partial charge on any atom is -0.463 e. The van der Waals surface area contributed by atoms with Gasteiger partial charge in [0, 0.05) is 24.9 Å². The van der Waals surface area contributed by atoms with Gasteiger partial charge in [0.25, 0.3) is 5.91 Å². The maximum Gasteiger partial charge on any atom is 0.268 e. The minimum atomic E-state index is -0.322. The molecule has 0 spiro atoms. The summed E-state index contributed by atoms with van der Waals surface area (Å²) in [7, 11) is 1.77. The van der Waals surface area contributed by atoms with Gasteiger partial charge in [0.05, 0.1) is 18.3 Å². The number of carbonyl (C=O) groups excluding carboxylic acids is 2. The monoisotopic (exact) mass is 297 g/mol. The molecule has 6 heteroatoms. The van der Waals surface area contributed by atoms with Crippen LogP contribution in [0.15, 0.2) is 53.1 Å². The lowest BCUT2D eigenvalue weighted by Gasteiger charge is -2.07. The number of aryl methyl sites for hydroxylation is 1. The molecule has 0 saturated carbocycles. The number of rotatable bonds is 4. The normalized spacial score (nSPS) is 10.6. The molecule has 1 aromatic carbocycles. The van der Waals surface area contributed by atoms with Gasteiger partial charge in [-0.1, -0.05) is 18.2 Å². The van der Waals surface area contributed by atoms with Crippen molar-refractivity contribution >= 4 is 28.6 Å². The lowest BCUT2D eigenvalue weighted by Crippen LogP contribution is -2.33. The van der Waals surface area contributed by atoms with E-state index in [4.69, 9.17) is 4.42 Å². The van der Waals surface area contributed by atoms with E-state index in [1.807, 2.05) is 18.2 Å². The third kappa shape index (κ3) is 2.71. The Morgan fingerprint density at radius 3 is 2.68 bits per heavy atom. The van der Waals surface area contributed by atoms with Gasteiger partial charge in [0.2, 0.25) is 5.91 Å². The van der Waals surface area contributed by atoms with Crippen LogP contribution >= 0.6 is 0 Å². The smallest absolute Gasteiger partial charge is 0.268 e. The number of carbonyl (C=O) groups is 2. The lowest BCUT2D eigenvalue weighted by atomic mass is 10.3. The molecule has 112 valence electrons. The number of benzene rings is 1. The molecule has 6 nitrogen and oxygen atoms in total. The summed E-state index contributed by atoms with van der Waals surface area (Å²) >= 11 is 0. The number of aromatic nitrogens is 1. The van der Waals surface area contributed by atoms with Gasteiger partial charge in [0.15, 0.2) is 5.58 Å². The van der Waals surface area contributed by atoms with E-state index in [-0.39, 0.29) is 18.4 Å². The highest BCUT2D eigenvalue weighted by Crippen LogP contribution is 2.19. The van der Waals surface area contributed by atoms with Crippen molar-refractivity contribution in [3.8, 4) is 0 Å². The fourth-order valence-corrected chi connectivity index (χ4v) is 2.25. The van der Waals surface area contributed by atoms with Gasteiger partial charge in [-0.2, -0.15) is 0 Å². The Kier molecular flexibility index (Phi) is 3.65. The van der Waals surface area contributed by atoms with E-state index >= 15 is 0 Å². The largest absolute Gasteiger partial charge is 0.463 e. The van der Waals surface area contributed by atoms with Crippen LogP contribution in [0.1, 0.15) is 10.5 Å². The molecular weight excluding hydrogens is 282 g/mol. The highest BCUT2D eigenvalue weighted by molar-refractivity contribution is 6.00. The topological polar surface area (TPSA) is 76.3 Å². The van der Waals surface area contributed by atoms with Crippen LogP contribution in [-0.2, 0) is 11.8 Å². The zero-order valence-electron chi connectivity index (χ0n) is 12.0. The molecule has 0 aliphatic heterocycles. The van der Waals surface area contributed by atoms with Crippen molar-refractivity contribution in [2.75, 3.05) is 11.9 Å².